The van der Waals surface area contributed by atoms with Crippen molar-refractivity contribution in [3.63, 3.8) is 0 Å². The first-order chi connectivity index (χ1) is 3.31. The van der Waals surface area contributed by atoms with E-state index in [1.54, 1.807) is 0 Å². The highest BCUT2D eigenvalue weighted by molar-refractivity contribution is 6.08. The monoisotopic (exact) mass is 117 g/mol. The number of hydrogen-bond donors (Lipinski definition) is 1. The van der Waals surface area contributed by atoms with E-state index in [2.05, 4.69) is 19.2 Å². The molecule has 0 saturated heterocycles. The summed E-state index contributed by atoms with van der Waals surface area (Å²) in [7, 11) is 1.28. The van der Waals surface area contributed by atoms with Crippen LogP contribution in [0.2, 0.25) is 0 Å². The second-order valence-electron chi connectivity index (χ2n) is 1.87. The fourth-order valence-corrected chi connectivity index (χ4v) is 1.19. The van der Waals surface area contributed by atoms with Gasteiger partial charge in [0.25, 0.3) is 0 Å². The van der Waals surface area contributed by atoms with Crippen LogP contribution in [0.25, 0.3) is 0 Å². The molecule has 0 spiro atoms. The molecule has 0 radical (unpaired) electrons. The number of nitrogens with one attached hydrogen (secondary N) is 1. The highest BCUT2D eigenvalue weighted by Gasteiger charge is 1.90. The quantitative estimate of drug-likeness (QED) is 0.500. The van der Waals surface area contributed by atoms with Gasteiger partial charge in [-0.2, -0.15) is 0 Å². The van der Waals surface area contributed by atoms with Gasteiger partial charge < -0.3 is 5.32 Å². The first-order valence-corrected chi connectivity index (χ1v) is 4.46. The van der Waals surface area contributed by atoms with E-state index in [-0.39, 0.29) is 0 Å². The fraction of sp³-hybridized carbons (Fsp3) is 1.00. The summed E-state index contributed by atoms with van der Waals surface area (Å²) in [4.78, 5) is 0. The van der Waals surface area contributed by atoms with Crippen molar-refractivity contribution in [3.8, 4) is 0 Å². The summed E-state index contributed by atoms with van der Waals surface area (Å²) in [5.41, 5.74) is 0. The van der Waals surface area contributed by atoms with Crippen molar-refractivity contribution < 1.29 is 0 Å². The smallest absolute Gasteiger partial charge is 0.0201 e. The molecule has 0 fully saturated rings. The molecule has 0 aliphatic carbocycles. The van der Waals surface area contributed by atoms with Crippen molar-refractivity contribution in [2.45, 2.75) is 26.3 Å². The first kappa shape index (κ1) is 7.18. The predicted octanol–water partition coefficient (Wildman–Crippen LogP) is -0.303. The van der Waals surface area contributed by atoms with Crippen LogP contribution in [0, 0.1) is 0 Å². The summed E-state index contributed by atoms with van der Waals surface area (Å²) >= 11 is 0. The molecule has 0 heterocycles. The van der Waals surface area contributed by atoms with E-state index in [1.807, 2.05) is 0 Å². The summed E-state index contributed by atoms with van der Waals surface area (Å²) in [5.74, 6) is 0. The third-order valence-corrected chi connectivity index (χ3v) is 1.57. The van der Waals surface area contributed by atoms with E-state index in [0.29, 0.717) is 0 Å². The largest absolute Gasteiger partial charge is 0.318 e. The number of hydrogen-bond acceptors (Lipinski definition) is 1. The van der Waals surface area contributed by atoms with Crippen molar-refractivity contribution in [2.75, 3.05) is 6.17 Å². The fourth-order valence-electron chi connectivity index (χ4n) is 0.493. The van der Waals surface area contributed by atoms with Crippen molar-refractivity contribution in [2.24, 2.45) is 0 Å². The normalized spacial score (nSPS) is 14.6. The van der Waals surface area contributed by atoms with E-state index in [9.17, 15) is 0 Å². The highest BCUT2D eigenvalue weighted by Crippen LogP contribution is 1.83. The Balaban J connectivity index is 2.83. The Kier molecular flexibility index (Phi) is 4.45. The summed E-state index contributed by atoms with van der Waals surface area (Å²) in [5, 5.41) is 3.36. The van der Waals surface area contributed by atoms with E-state index in [1.165, 1.54) is 22.8 Å². The Morgan fingerprint density at radius 3 is 2.43 bits per heavy atom. The lowest BCUT2D eigenvalue weighted by molar-refractivity contribution is 0.581. The van der Waals surface area contributed by atoms with E-state index in [0.717, 1.165) is 6.04 Å². The van der Waals surface area contributed by atoms with Crippen LogP contribution in [0.1, 0.15) is 20.3 Å². The van der Waals surface area contributed by atoms with Crippen LogP contribution in [-0.4, -0.2) is 22.5 Å². The Hall–Kier alpha value is 0.177. The molecule has 0 bridgehead atoms. The molecule has 1 nitrogen and oxygen atoms in total. The summed E-state index contributed by atoms with van der Waals surface area (Å²) in [6, 6.07) is 0.734. The second-order valence-corrected chi connectivity index (χ2v) is 2.57. The molecular formula is C5H15NSi. The molecule has 0 aromatic rings. The van der Waals surface area contributed by atoms with Gasteiger partial charge in [0.2, 0.25) is 0 Å². The summed E-state index contributed by atoms with van der Waals surface area (Å²) < 4.78 is 0. The van der Waals surface area contributed by atoms with Gasteiger partial charge in [-0.3, -0.25) is 0 Å². The van der Waals surface area contributed by atoms with Gasteiger partial charge in [-0.05, 0) is 19.5 Å². The highest BCUT2D eigenvalue weighted by atomic mass is 28.1. The van der Waals surface area contributed by atoms with Crippen molar-refractivity contribution in [3.05, 3.63) is 0 Å². The molecule has 1 N–H and O–H groups in total. The zero-order valence-electron chi connectivity index (χ0n) is 5.49. The average molecular weight is 117 g/mol. The lowest BCUT2D eigenvalue weighted by Crippen LogP contribution is -2.25. The Morgan fingerprint density at radius 1 is 1.71 bits per heavy atom. The molecule has 0 aliphatic rings. The molecule has 0 aliphatic heterocycles. The summed E-state index contributed by atoms with van der Waals surface area (Å²) in [6.45, 7) is 4.42. The van der Waals surface area contributed by atoms with Crippen LogP contribution >= 0.6 is 0 Å². The lowest BCUT2D eigenvalue weighted by Gasteiger charge is -2.06. The van der Waals surface area contributed by atoms with Gasteiger partial charge in [0.05, 0.1) is 0 Å². The van der Waals surface area contributed by atoms with Crippen molar-refractivity contribution in [1.29, 1.82) is 0 Å². The third-order valence-electron chi connectivity index (χ3n) is 1.16. The van der Waals surface area contributed by atoms with Crippen LogP contribution in [0.15, 0.2) is 0 Å². The van der Waals surface area contributed by atoms with E-state index >= 15 is 0 Å². The minimum atomic E-state index is 0.734. The predicted molar refractivity (Wildman–Crippen MR) is 37.7 cm³/mol. The molecule has 7 heavy (non-hydrogen) atoms. The zero-order chi connectivity index (χ0) is 5.70. The van der Waals surface area contributed by atoms with Gasteiger partial charge in [0.15, 0.2) is 0 Å². The molecule has 0 aromatic heterocycles. The van der Waals surface area contributed by atoms with E-state index in [4.69, 9.17) is 0 Å². The van der Waals surface area contributed by atoms with Crippen LogP contribution < -0.4 is 5.32 Å². The molecule has 0 aromatic carbocycles. The molecule has 0 amide bonds. The SMILES string of the molecule is CCC(C)NC[SiH3]. The van der Waals surface area contributed by atoms with Crippen molar-refractivity contribution >= 4 is 10.2 Å². The molecule has 2 heteroatoms. The Labute approximate surface area is 48.9 Å². The minimum Gasteiger partial charge on any atom is -0.318 e. The third kappa shape index (κ3) is 4.02. The van der Waals surface area contributed by atoms with E-state index < -0.39 is 0 Å². The van der Waals surface area contributed by atoms with Gasteiger partial charge in [0, 0.05) is 16.3 Å². The molecule has 1 atom stereocenters. The maximum atomic E-state index is 3.36. The molecule has 0 rings (SSSR count). The average Bonchev–Trinajstić information content (AvgIpc) is 1.68. The maximum Gasteiger partial charge on any atom is 0.0201 e. The molecule has 44 valence electrons. The maximum absolute atomic E-state index is 3.36. The van der Waals surface area contributed by atoms with Crippen LogP contribution in [0.5, 0.6) is 0 Å². The Bertz CT molecular complexity index is 39.1. The second kappa shape index (κ2) is 4.34. The first-order valence-electron chi connectivity index (χ1n) is 3.04. The van der Waals surface area contributed by atoms with Gasteiger partial charge in [-0.25, -0.2) is 0 Å². The zero-order valence-corrected chi connectivity index (χ0v) is 7.49. The standard InChI is InChI=1S/C5H15NSi/c1-3-5(2)6-4-7/h5-6H,3-4H2,1-2,7H3. The molecule has 1 unspecified atom stereocenters. The molecule has 0 saturated carbocycles. The van der Waals surface area contributed by atoms with Gasteiger partial charge >= 0.3 is 0 Å². The van der Waals surface area contributed by atoms with Gasteiger partial charge in [0.1, 0.15) is 0 Å². The topological polar surface area (TPSA) is 12.0 Å². The van der Waals surface area contributed by atoms with Crippen LogP contribution in [-0.2, 0) is 0 Å². The van der Waals surface area contributed by atoms with Crippen LogP contribution in [0.4, 0.5) is 0 Å². The van der Waals surface area contributed by atoms with Crippen LogP contribution in [0.3, 0.4) is 0 Å². The van der Waals surface area contributed by atoms with Gasteiger partial charge in [-0.1, -0.05) is 6.92 Å². The summed E-state index contributed by atoms with van der Waals surface area (Å²) in [6.07, 6.45) is 2.48. The molecular weight excluding hydrogens is 102 g/mol. The van der Waals surface area contributed by atoms with Gasteiger partial charge in [-0.15, -0.1) is 0 Å². The Morgan fingerprint density at radius 2 is 2.29 bits per heavy atom. The van der Waals surface area contributed by atoms with Crippen molar-refractivity contribution in [1.82, 2.24) is 5.32 Å². The lowest BCUT2D eigenvalue weighted by atomic mass is 10.3. The number of rotatable bonds is 3. The minimum absolute atomic E-state index is 0.734.